The topological polar surface area (TPSA) is 128 Å². The third kappa shape index (κ3) is 6.51. The van der Waals surface area contributed by atoms with E-state index in [9.17, 15) is 27.6 Å². The van der Waals surface area contributed by atoms with E-state index in [0.717, 1.165) is 36.5 Å². The van der Waals surface area contributed by atoms with Crippen molar-refractivity contribution in [3.05, 3.63) is 45.1 Å². The molecule has 3 saturated heterocycles. The van der Waals surface area contributed by atoms with Crippen LogP contribution in [-0.2, 0) is 40.0 Å². The van der Waals surface area contributed by atoms with Crippen molar-refractivity contribution in [2.75, 3.05) is 63.9 Å². The number of nitrogens with one attached hydrogen (secondary N) is 1. The molecule has 2 aromatic rings. The van der Waals surface area contributed by atoms with Crippen LogP contribution in [0.25, 0.3) is 0 Å². The van der Waals surface area contributed by atoms with Crippen LogP contribution in [0.4, 0.5) is 19.1 Å². The van der Waals surface area contributed by atoms with Crippen molar-refractivity contribution in [2.45, 2.75) is 44.9 Å². The molecule has 0 atom stereocenters. The van der Waals surface area contributed by atoms with Gasteiger partial charge in [0.05, 0.1) is 17.2 Å². The zero-order valence-electron chi connectivity index (χ0n) is 23.8. The number of hydrogen-bond donors (Lipinski definition) is 1. The summed E-state index contributed by atoms with van der Waals surface area (Å²) in [5.41, 5.74) is 1.12. The van der Waals surface area contributed by atoms with Gasteiger partial charge in [0.1, 0.15) is 0 Å². The van der Waals surface area contributed by atoms with Gasteiger partial charge >= 0.3 is 6.18 Å². The van der Waals surface area contributed by atoms with Gasteiger partial charge in [0.15, 0.2) is 0 Å². The summed E-state index contributed by atoms with van der Waals surface area (Å²) in [6.45, 7) is 5.60. The molecule has 4 aliphatic heterocycles. The fourth-order valence-electron chi connectivity index (χ4n) is 6.29. The largest absolute Gasteiger partial charge is 0.419 e. The standard InChI is InChI=1S/C28H35F3N8O4/c29-28(30,31)20-12-32-27(33-13-20)38-7-5-37(6-8-38)26(42)19-14-36(15-19)17-23-22-16-39(4-1-21(22)25(41)35-34-23)24(40)11-18-2-9-43-10-3-18/h12-13,18-19H,1-11,14-17H2,(H,35,41). The third-order valence-corrected chi connectivity index (χ3v) is 8.94. The second-order valence-electron chi connectivity index (χ2n) is 11.8. The summed E-state index contributed by atoms with van der Waals surface area (Å²) in [6.07, 6.45) is -0.171. The Bertz CT molecular complexity index is 1380. The number of anilines is 1. The van der Waals surface area contributed by atoms with E-state index in [-0.39, 0.29) is 29.2 Å². The Morgan fingerprint density at radius 3 is 2.35 bits per heavy atom. The number of piperazine rings is 1. The van der Waals surface area contributed by atoms with Crippen LogP contribution in [-0.4, -0.2) is 106 Å². The first-order chi connectivity index (χ1) is 20.7. The number of ether oxygens (including phenoxy) is 1. The second kappa shape index (κ2) is 12.2. The van der Waals surface area contributed by atoms with E-state index in [1.807, 2.05) is 4.90 Å². The molecule has 0 saturated carbocycles. The highest BCUT2D eigenvalue weighted by Crippen LogP contribution is 2.29. The number of rotatable bonds is 6. The summed E-state index contributed by atoms with van der Waals surface area (Å²) in [5.74, 6) is 0.533. The van der Waals surface area contributed by atoms with Gasteiger partial charge in [-0.2, -0.15) is 18.3 Å². The zero-order chi connectivity index (χ0) is 30.1. The Morgan fingerprint density at radius 1 is 0.977 bits per heavy atom. The Kier molecular flexibility index (Phi) is 8.36. The van der Waals surface area contributed by atoms with Crippen molar-refractivity contribution in [3.8, 4) is 0 Å². The van der Waals surface area contributed by atoms with Crippen molar-refractivity contribution in [1.82, 2.24) is 34.9 Å². The van der Waals surface area contributed by atoms with Gasteiger partial charge in [-0.05, 0) is 25.2 Å². The maximum atomic E-state index is 13.1. The molecule has 4 aliphatic rings. The summed E-state index contributed by atoms with van der Waals surface area (Å²) in [7, 11) is 0. The van der Waals surface area contributed by atoms with Crippen LogP contribution < -0.4 is 10.5 Å². The second-order valence-corrected chi connectivity index (χ2v) is 11.8. The molecule has 6 rings (SSSR count). The van der Waals surface area contributed by atoms with Gasteiger partial charge in [-0.3, -0.25) is 19.3 Å². The summed E-state index contributed by atoms with van der Waals surface area (Å²) in [6, 6.07) is 0. The highest BCUT2D eigenvalue weighted by atomic mass is 19.4. The number of fused-ring (bicyclic) bond motifs is 1. The molecule has 0 unspecified atom stereocenters. The molecule has 0 aromatic carbocycles. The van der Waals surface area contributed by atoms with Crippen LogP contribution in [0.1, 0.15) is 41.6 Å². The predicted octanol–water partition coefficient (Wildman–Crippen LogP) is 1.06. The molecule has 3 fully saturated rings. The highest BCUT2D eigenvalue weighted by Gasteiger charge is 2.38. The molecule has 0 aliphatic carbocycles. The van der Waals surface area contributed by atoms with Crippen molar-refractivity contribution < 1.29 is 27.5 Å². The molecular weight excluding hydrogens is 569 g/mol. The molecular formula is C28H35F3N8O4. The number of likely N-dealkylation sites (tertiary alicyclic amines) is 1. The van der Waals surface area contributed by atoms with Gasteiger partial charge in [0.2, 0.25) is 17.8 Å². The molecule has 2 aromatic heterocycles. The number of hydrogen-bond acceptors (Lipinski definition) is 9. The monoisotopic (exact) mass is 604 g/mol. The zero-order valence-corrected chi connectivity index (χ0v) is 23.8. The lowest BCUT2D eigenvalue weighted by Crippen LogP contribution is -2.57. The molecule has 43 heavy (non-hydrogen) atoms. The Morgan fingerprint density at radius 2 is 1.67 bits per heavy atom. The van der Waals surface area contributed by atoms with Crippen molar-refractivity contribution >= 4 is 17.8 Å². The molecule has 12 nitrogen and oxygen atoms in total. The van der Waals surface area contributed by atoms with E-state index in [1.165, 1.54) is 0 Å². The van der Waals surface area contributed by atoms with E-state index < -0.39 is 11.7 Å². The van der Waals surface area contributed by atoms with Crippen molar-refractivity contribution in [3.63, 3.8) is 0 Å². The number of alkyl halides is 3. The summed E-state index contributed by atoms with van der Waals surface area (Å²) < 4.78 is 43.8. The normalized spacial score (nSPS) is 20.6. The molecule has 0 bridgehead atoms. The Balaban J connectivity index is 1.000. The molecule has 1 N–H and O–H groups in total. The number of halogens is 3. The van der Waals surface area contributed by atoms with Gasteiger partial charge in [-0.15, -0.1) is 0 Å². The van der Waals surface area contributed by atoms with Crippen LogP contribution in [0.3, 0.4) is 0 Å². The summed E-state index contributed by atoms with van der Waals surface area (Å²) in [5, 5.41) is 6.94. The van der Waals surface area contributed by atoms with E-state index in [2.05, 4.69) is 25.1 Å². The van der Waals surface area contributed by atoms with Crippen LogP contribution in [0, 0.1) is 11.8 Å². The first-order valence-corrected chi connectivity index (χ1v) is 14.8. The SMILES string of the molecule is O=C(CC1CCOCC1)N1CCc2c(c(CN3CC(C(=O)N4CCN(c5ncc(C(F)(F)F)cn5)CC4)C3)n[nH]c2=O)C1. The number of H-pyrrole nitrogens is 1. The van der Waals surface area contributed by atoms with Gasteiger partial charge in [0.25, 0.3) is 5.56 Å². The fraction of sp³-hybridized carbons (Fsp3) is 0.643. The number of aromatic nitrogens is 4. The minimum absolute atomic E-state index is 0.0468. The number of aromatic amines is 1. The molecule has 232 valence electrons. The summed E-state index contributed by atoms with van der Waals surface area (Å²) in [4.78, 5) is 53.9. The number of nitrogens with zero attached hydrogens (tertiary/aromatic N) is 7. The maximum absolute atomic E-state index is 13.1. The molecule has 6 heterocycles. The minimum Gasteiger partial charge on any atom is -0.381 e. The van der Waals surface area contributed by atoms with E-state index >= 15 is 0 Å². The van der Waals surface area contributed by atoms with Gasteiger partial charge in [0, 0.05) is 102 Å². The fourth-order valence-corrected chi connectivity index (χ4v) is 6.29. The molecule has 0 radical (unpaired) electrons. The Hall–Kier alpha value is -3.59. The van der Waals surface area contributed by atoms with Crippen molar-refractivity contribution in [1.29, 1.82) is 0 Å². The summed E-state index contributed by atoms with van der Waals surface area (Å²) >= 11 is 0. The lowest BCUT2D eigenvalue weighted by Gasteiger charge is -2.43. The van der Waals surface area contributed by atoms with Crippen LogP contribution in [0.5, 0.6) is 0 Å². The smallest absolute Gasteiger partial charge is 0.381 e. The average molecular weight is 605 g/mol. The van der Waals surface area contributed by atoms with E-state index in [1.54, 1.807) is 9.80 Å². The molecule has 15 heteroatoms. The lowest BCUT2D eigenvalue weighted by molar-refractivity contribution is -0.142. The maximum Gasteiger partial charge on any atom is 0.419 e. The molecule has 0 spiro atoms. The highest BCUT2D eigenvalue weighted by molar-refractivity contribution is 5.80. The third-order valence-electron chi connectivity index (χ3n) is 8.94. The van der Waals surface area contributed by atoms with Gasteiger partial charge in [-0.25, -0.2) is 15.1 Å². The average Bonchev–Trinajstić information content (AvgIpc) is 2.99. The lowest BCUT2D eigenvalue weighted by atomic mass is 9.93. The number of amides is 2. The quantitative estimate of drug-likeness (QED) is 0.515. The first kappa shape index (κ1) is 29.5. The number of carbonyl (C=O) groups excluding carboxylic acids is 2. The van der Waals surface area contributed by atoms with Gasteiger partial charge in [-0.1, -0.05) is 0 Å². The van der Waals surface area contributed by atoms with Crippen LogP contribution >= 0.6 is 0 Å². The minimum atomic E-state index is -4.49. The van der Waals surface area contributed by atoms with Crippen LogP contribution in [0.2, 0.25) is 0 Å². The van der Waals surface area contributed by atoms with E-state index in [4.69, 9.17) is 4.74 Å². The van der Waals surface area contributed by atoms with Crippen molar-refractivity contribution in [2.24, 2.45) is 11.8 Å². The van der Waals surface area contributed by atoms with Crippen LogP contribution in [0.15, 0.2) is 17.2 Å². The molecule has 2 amide bonds. The van der Waals surface area contributed by atoms with Gasteiger partial charge < -0.3 is 19.4 Å². The predicted molar refractivity (Wildman–Crippen MR) is 147 cm³/mol. The van der Waals surface area contributed by atoms with E-state index in [0.29, 0.717) is 96.4 Å². The first-order valence-electron chi connectivity index (χ1n) is 14.8. The number of carbonyl (C=O) groups is 2. The Labute approximate surface area is 246 Å².